The smallest absolute Gasteiger partial charge is 0.338 e. The average molecular weight is 259 g/mol. The van der Waals surface area contributed by atoms with E-state index in [0.717, 1.165) is 12.8 Å². The number of aromatic hydroxyl groups is 1. The number of hydrogen-bond acceptors (Lipinski definition) is 4. The second kappa shape index (κ2) is 4.70. The van der Waals surface area contributed by atoms with E-state index in [0.29, 0.717) is 17.6 Å². The third-order valence-corrected chi connectivity index (χ3v) is 3.99. The van der Waals surface area contributed by atoms with E-state index in [1.165, 1.54) is 12.1 Å². The second-order valence-electron chi connectivity index (χ2n) is 5.23. The standard InChI is InChI=1S/C15H17NO3/c1-16-11-4-5-12(16)9-14(8-11)19-15(18)10-2-6-13(17)7-3-10/h2-7,11-12,14,17H,8-9H2,1H3/t11-,12+,14?. The van der Waals surface area contributed by atoms with Crippen LogP contribution in [-0.2, 0) is 4.74 Å². The number of likely N-dealkylation sites (N-methyl/N-ethyl adjacent to an activating group) is 1. The quantitative estimate of drug-likeness (QED) is 0.651. The summed E-state index contributed by atoms with van der Waals surface area (Å²) >= 11 is 0. The Kier molecular flexibility index (Phi) is 3.03. The summed E-state index contributed by atoms with van der Waals surface area (Å²) < 4.78 is 5.56. The molecule has 100 valence electrons. The van der Waals surface area contributed by atoms with Crippen LogP contribution in [0.1, 0.15) is 23.2 Å². The largest absolute Gasteiger partial charge is 0.508 e. The Morgan fingerprint density at radius 3 is 2.37 bits per heavy atom. The van der Waals surface area contributed by atoms with Gasteiger partial charge in [-0.1, -0.05) is 12.2 Å². The molecule has 19 heavy (non-hydrogen) atoms. The van der Waals surface area contributed by atoms with E-state index in [4.69, 9.17) is 4.74 Å². The molecule has 2 heterocycles. The summed E-state index contributed by atoms with van der Waals surface area (Å²) in [6, 6.07) is 6.93. The Hall–Kier alpha value is -1.81. The predicted molar refractivity (Wildman–Crippen MR) is 71.0 cm³/mol. The fraction of sp³-hybridized carbons (Fsp3) is 0.400. The lowest BCUT2D eigenvalue weighted by atomic mass is 9.99. The number of esters is 1. The Bertz CT molecular complexity index is 493. The summed E-state index contributed by atoms with van der Waals surface area (Å²) in [6.07, 6.45) is 6.07. The predicted octanol–water partition coefficient (Wildman–Crippen LogP) is 1.95. The molecule has 1 unspecified atom stereocenters. The summed E-state index contributed by atoms with van der Waals surface area (Å²) in [5.41, 5.74) is 0.483. The van der Waals surface area contributed by atoms with E-state index in [1.54, 1.807) is 12.1 Å². The van der Waals surface area contributed by atoms with Crippen LogP contribution in [-0.4, -0.2) is 41.2 Å². The molecule has 2 aliphatic heterocycles. The van der Waals surface area contributed by atoms with Crippen molar-refractivity contribution in [2.45, 2.75) is 31.0 Å². The van der Waals surface area contributed by atoms with Crippen LogP contribution in [0.5, 0.6) is 5.75 Å². The molecule has 0 saturated carbocycles. The van der Waals surface area contributed by atoms with Crippen molar-refractivity contribution < 1.29 is 14.6 Å². The Morgan fingerprint density at radius 1 is 1.21 bits per heavy atom. The molecular weight excluding hydrogens is 242 g/mol. The molecule has 0 aliphatic carbocycles. The zero-order valence-corrected chi connectivity index (χ0v) is 10.8. The summed E-state index contributed by atoms with van der Waals surface area (Å²) in [7, 11) is 2.10. The van der Waals surface area contributed by atoms with Gasteiger partial charge in [-0.25, -0.2) is 4.79 Å². The average Bonchev–Trinajstić information content (AvgIpc) is 2.63. The molecule has 2 bridgehead atoms. The lowest BCUT2D eigenvalue weighted by molar-refractivity contribution is 0.00268. The van der Waals surface area contributed by atoms with Crippen LogP contribution in [0, 0.1) is 0 Å². The van der Waals surface area contributed by atoms with Gasteiger partial charge in [-0.15, -0.1) is 0 Å². The van der Waals surface area contributed by atoms with Crippen LogP contribution < -0.4 is 0 Å². The molecular formula is C15H17NO3. The van der Waals surface area contributed by atoms with Gasteiger partial charge in [0.2, 0.25) is 0 Å². The molecule has 0 amide bonds. The summed E-state index contributed by atoms with van der Waals surface area (Å²) in [5.74, 6) is -0.160. The highest BCUT2D eigenvalue weighted by molar-refractivity contribution is 5.89. The minimum absolute atomic E-state index is 0.0255. The fourth-order valence-electron chi connectivity index (χ4n) is 2.81. The number of phenolic OH excluding ortho intramolecular Hbond substituents is 1. The van der Waals surface area contributed by atoms with Crippen molar-refractivity contribution in [1.29, 1.82) is 0 Å². The number of carbonyl (C=O) groups excluding carboxylic acids is 1. The van der Waals surface area contributed by atoms with E-state index in [9.17, 15) is 9.90 Å². The van der Waals surface area contributed by atoms with Gasteiger partial charge < -0.3 is 9.84 Å². The number of ether oxygens (including phenoxy) is 1. The molecule has 0 spiro atoms. The van der Waals surface area contributed by atoms with Crippen LogP contribution >= 0.6 is 0 Å². The second-order valence-corrected chi connectivity index (χ2v) is 5.23. The van der Waals surface area contributed by atoms with E-state index in [2.05, 4.69) is 24.1 Å². The number of nitrogens with zero attached hydrogens (tertiary/aromatic N) is 1. The lowest BCUT2D eigenvalue weighted by Crippen LogP contribution is -2.44. The van der Waals surface area contributed by atoms with E-state index in [-0.39, 0.29) is 17.8 Å². The molecule has 4 nitrogen and oxygen atoms in total. The Balaban J connectivity index is 1.63. The van der Waals surface area contributed by atoms with Crippen LogP contribution in [0.2, 0.25) is 0 Å². The molecule has 1 aromatic carbocycles. The number of piperidine rings is 1. The van der Waals surface area contributed by atoms with Crippen molar-refractivity contribution in [3.8, 4) is 5.75 Å². The minimum Gasteiger partial charge on any atom is -0.508 e. The molecule has 3 atom stereocenters. The third kappa shape index (κ3) is 2.36. The first kappa shape index (κ1) is 12.2. The van der Waals surface area contributed by atoms with Crippen LogP contribution in [0.15, 0.2) is 36.4 Å². The van der Waals surface area contributed by atoms with Crippen molar-refractivity contribution in [2.75, 3.05) is 7.05 Å². The monoisotopic (exact) mass is 259 g/mol. The molecule has 1 saturated heterocycles. The zero-order chi connectivity index (χ0) is 13.4. The number of fused-ring (bicyclic) bond motifs is 2. The van der Waals surface area contributed by atoms with E-state index >= 15 is 0 Å². The first-order chi connectivity index (χ1) is 9.13. The highest BCUT2D eigenvalue weighted by atomic mass is 16.5. The molecule has 3 rings (SSSR count). The summed E-state index contributed by atoms with van der Waals surface area (Å²) in [5, 5.41) is 9.20. The zero-order valence-electron chi connectivity index (χ0n) is 10.8. The minimum atomic E-state index is -0.311. The summed E-state index contributed by atoms with van der Waals surface area (Å²) in [6.45, 7) is 0. The number of benzene rings is 1. The van der Waals surface area contributed by atoms with Gasteiger partial charge in [-0.3, -0.25) is 4.90 Å². The maximum Gasteiger partial charge on any atom is 0.338 e. The molecule has 1 fully saturated rings. The molecule has 0 radical (unpaired) electrons. The van der Waals surface area contributed by atoms with Crippen LogP contribution in [0.4, 0.5) is 0 Å². The van der Waals surface area contributed by atoms with Crippen molar-refractivity contribution in [2.24, 2.45) is 0 Å². The summed E-state index contributed by atoms with van der Waals surface area (Å²) in [4.78, 5) is 14.3. The Morgan fingerprint density at radius 2 is 1.79 bits per heavy atom. The molecule has 2 aliphatic rings. The SMILES string of the molecule is CN1[C@@H]2C=C[C@H]1CC(OC(=O)c1ccc(O)cc1)C2. The van der Waals surface area contributed by atoms with Gasteiger partial charge in [-0.05, 0) is 31.3 Å². The Labute approximate surface area is 112 Å². The topological polar surface area (TPSA) is 49.8 Å². The van der Waals surface area contributed by atoms with Crippen molar-refractivity contribution in [1.82, 2.24) is 4.90 Å². The van der Waals surface area contributed by atoms with Crippen molar-refractivity contribution >= 4 is 5.97 Å². The highest BCUT2D eigenvalue weighted by Gasteiger charge is 2.36. The van der Waals surface area contributed by atoms with Gasteiger partial charge >= 0.3 is 5.97 Å². The fourth-order valence-corrected chi connectivity index (χ4v) is 2.81. The number of carbonyl (C=O) groups is 1. The number of rotatable bonds is 2. The van der Waals surface area contributed by atoms with Gasteiger partial charge in [-0.2, -0.15) is 0 Å². The van der Waals surface area contributed by atoms with Gasteiger partial charge in [0.1, 0.15) is 11.9 Å². The van der Waals surface area contributed by atoms with Crippen molar-refractivity contribution in [3.05, 3.63) is 42.0 Å². The molecule has 1 aromatic rings. The first-order valence-electron chi connectivity index (χ1n) is 6.54. The van der Waals surface area contributed by atoms with E-state index in [1.807, 2.05) is 0 Å². The van der Waals surface area contributed by atoms with Gasteiger partial charge in [0, 0.05) is 24.9 Å². The maximum atomic E-state index is 12.0. The molecule has 0 aromatic heterocycles. The molecule has 1 N–H and O–H groups in total. The number of hydrogen-bond donors (Lipinski definition) is 1. The van der Waals surface area contributed by atoms with E-state index < -0.39 is 0 Å². The van der Waals surface area contributed by atoms with Gasteiger partial charge in [0.05, 0.1) is 5.56 Å². The normalized spacial score (nSPS) is 29.4. The van der Waals surface area contributed by atoms with Crippen LogP contribution in [0.25, 0.3) is 0 Å². The van der Waals surface area contributed by atoms with Crippen LogP contribution in [0.3, 0.4) is 0 Å². The van der Waals surface area contributed by atoms with Gasteiger partial charge in [0.15, 0.2) is 0 Å². The molecule has 4 heteroatoms. The lowest BCUT2D eigenvalue weighted by Gasteiger charge is -2.35. The van der Waals surface area contributed by atoms with Crippen molar-refractivity contribution in [3.63, 3.8) is 0 Å². The third-order valence-electron chi connectivity index (χ3n) is 3.99. The highest BCUT2D eigenvalue weighted by Crippen LogP contribution is 2.30. The first-order valence-corrected chi connectivity index (χ1v) is 6.54. The maximum absolute atomic E-state index is 12.0. The van der Waals surface area contributed by atoms with Gasteiger partial charge in [0.25, 0.3) is 0 Å². The number of phenols is 1.